The smallest absolute Gasteiger partial charge is 0.228 e. The SMILES string of the molecule is Cc1ccc(N2C[C@H](C(=O)N3CCCCC3)CC2=O)cc1Cl. The molecule has 0 aromatic heterocycles. The third kappa shape index (κ3) is 2.98. The van der Waals surface area contributed by atoms with Crippen LogP contribution in [-0.2, 0) is 9.59 Å². The fourth-order valence-electron chi connectivity index (χ4n) is 3.24. The molecule has 4 nitrogen and oxygen atoms in total. The van der Waals surface area contributed by atoms with Crippen molar-refractivity contribution in [3.8, 4) is 0 Å². The van der Waals surface area contributed by atoms with Gasteiger partial charge in [-0.2, -0.15) is 0 Å². The van der Waals surface area contributed by atoms with E-state index in [1.807, 2.05) is 30.0 Å². The fourth-order valence-corrected chi connectivity index (χ4v) is 3.42. The molecule has 0 N–H and O–H groups in total. The zero-order chi connectivity index (χ0) is 15.7. The van der Waals surface area contributed by atoms with E-state index >= 15 is 0 Å². The fraction of sp³-hybridized carbons (Fsp3) is 0.529. The quantitative estimate of drug-likeness (QED) is 0.840. The van der Waals surface area contributed by atoms with Gasteiger partial charge in [0.1, 0.15) is 0 Å². The number of benzene rings is 1. The molecular weight excluding hydrogens is 300 g/mol. The number of rotatable bonds is 2. The van der Waals surface area contributed by atoms with Gasteiger partial charge in [-0.05, 0) is 43.9 Å². The van der Waals surface area contributed by atoms with E-state index in [-0.39, 0.29) is 17.7 Å². The minimum absolute atomic E-state index is 0.00952. The Balaban J connectivity index is 1.72. The van der Waals surface area contributed by atoms with Gasteiger partial charge in [-0.1, -0.05) is 17.7 Å². The van der Waals surface area contributed by atoms with Gasteiger partial charge in [-0.25, -0.2) is 0 Å². The molecule has 2 heterocycles. The van der Waals surface area contributed by atoms with Crippen LogP contribution >= 0.6 is 11.6 Å². The van der Waals surface area contributed by atoms with Gasteiger partial charge in [0.15, 0.2) is 0 Å². The van der Waals surface area contributed by atoms with Crippen molar-refractivity contribution in [3.63, 3.8) is 0 Å². The number of carbonyl (C=O) groups is 2. The van der Waals surface area contributed by atoms with Crippen molar-refractivity contribution in [3.05, 3.63) is 28.8 Å². The van der Waals surface area contributed by atoms with Crippen LogP contribution in [0.2, 0.25) is 5.02 Å². The lowest BCUT2D eigenvalue weighted by Crippen LogP contribution is -2.40. The van der Waals surface area contributed by atoms with Crippen molar-refractivity contribution < 1.29 is 9.59 Å². The Morgan fingerprint density at radius 3 is 2.64 bits per heavy atom. The van der Waals surface area contributed by atoms with E-state index in [1.54, 1.807) is 4.90 Å². The molecule has 2 saturated heterocycles. The summed E-state index contributed by atoms with van der Waals surface area (Å²) < 4.78 is 0. The molecule has 2 aliphatic heterocycles. The summed E-state index contributed by atoms with van der Waals surface area (Å²) in [4.78, 5) is 28.5. The second-order valence-corrected chi connectivity index (χ2v) is 6.63. The van der Waals surface area contributed by atoms with Crippen LogP contribution in [0.5, 0.6) is 0 Å². The van der Waals surface area contributed by atoms with E-state index in [0.717, 1.165) is 37.2 Å². The van der Waals surface area contributed by atoms with E-state index in [1.165, 1.54) is 6.42 Å². The highest BCUT2D eigenvalue weighted by Crippen LogP contribution is 2.30. The average molecular weight is 321 g/mol. The summed E-state index contributed by atoms with van der Waals surface area (Å²) in [6.07, 6.45) is 3.65. The van der Waals surface area contributed by atoms with Crippen molar-refractivity contribution in [2.75, 3.05) is 24.5 Å². The molecule has 1 aromatic rings. The molecule has 0 spiro atoms. The lowest BCUT2D eigenvalue weighted by molar-refractivity contribution is -0.136. The van der Waals surface area contributed by atoms with Crippen LogP contribution in [0, 0.1) is 12.8 Å². The molecule has 2 aliphatic rings. The standard InChI is InChI=1S/C17H21ClN2O2/c1-12-5-6-14(10-15(12)18)20-11-13(9-16(20)21)17(22)19-7-3-2-4-8-19/h5-6,10,13H,2-4,7-9,11H2,1H3/t13-/m1/s1. The Morgan fingerprint density at radius 2 is 1.95 bits per heavy atom. The summed E-state index contributed by atoms with van der Waals surface area (Å²) in [5, 5.41) is 0.649. The largest absolute Gasteiger partial charge is 0.342 e. The van der Waals surface area contributed by atoms with Gasteiger partial charge in [0.2, 0.25) is 11.8 Å². The van der Waals surface area contributed by atoms with Crippen molar-refractivity contribution in [1.82, 2.24) is 4.90 Å². The third-order valence-corrected chi connectivity index (χ3v) is 5.02. The number of piperidine rings is 1. The maximum Gasteiger partial charge on any atom is 0.228 e. The molecule has 1 aromatic carbocycles. The topological polar surface area (TPSA) is 40.6 Å². The molecule has 22 heavy (non-hydrogen) atoms. The first-order chi connectivity index (χ1) is 10.6. The molecule has 0 unspecified atom stereocenters. The number of hydrogen-bond donors (Lipinski definition) is 0. The number of anilines is 1. The first-order valence-electron chi connectivity index (χ1n) is 7.91. The lowest BCUT2D eigenvalue weighted by Gasteiger charge is -2.29. The lowest BCUT2D eigenvalue weighted by atomic mass is 10.0. The molecule has 0 radical (unpaired) electrons. The van der Waals surface area contributed by atoms with Gasteiger partial charge in [0, 0.05) is 36.8 Å². The van der Waals surface area contributed by atoms with Crippen LogP contribution in [-0.4, -0.2) is 36.3 Å². The second kappa shape index (κ2) is 6.29. The van der Waals surface area contributed by atoms with E-state index in [4.69, 9.17) is 11.6 Å². The molecule has 0 aliphatic carbocycles. The zero-order valence-corrected chi connectivity index (χ0v) is 13.6. The van der Waals surface area contributed by atoms with E-state index in [2.05, 4.69) is 0 Å². The van der Waals surface area contributed by atoms with Gasteiger partial charge < -0.3 is 9.80 Å². The number of aryl methyl sites for hydroxylation is 1. The monoisotopic (exact) mass is 320 g/mol. The molecule has 5 heteroatoms. The van der Waals surface area contributed by atoms with E-state index < -0.39 is 0 Å². The summed E-state index contributed by atoms with van der Waals surface area (Å²) in [5.74, 6) is -0.0743. The van der Waals surface area contributed by atoms with Crippen molar-refractivity contribution in [2.24, 2.45) is 5.92 Å². The number of amides is 2. The summed E-state index contributed by atoms with van der Waals surface area (Å²) in [6, 6.07) is 5.61. The minimum atomic E-state index is -0.217. The van der Waals surface area contributed by atoms with Crippen LogP contribution in [0.1, 0.15) is 31.2 Å². The highest BCUT2D eigenvalue weighted by molar-refractivity contribution is 6.31. The summed E-state index contributed by atoms with van der Waals surface area (Å²) in [7, 11) is 0. The Hall–Kier alpha value is -1.55. The Kier molecular flexibility index (Phi) is 4.39. The van der Waals surface area contributed by atoms with Crippen LogP contribution in [0.25, 0.3) is 0 Å². The normalized spacial score (nSPS) is 22.3. The van der Waals surface area contributed by atoms with Crippen LogP contribution in [0.4, 0.5) is 5.69 Å². The molecule has 2 fully saturated rings. The van der Waals surface area contributed by atoms with Gasteiger partial charge >= 0.3 is 0 Å². The van der Waals surface area contributed by atoms with Crippen molar-refractivity contribution in [2.45, 2.75) is 32.6 Å². The number of nitrogens with zero attached hydrogens (tertiary/aromatic N) is 2. The van der Waals surface area contributed by atoms with Crippen molar-refractivity contribution >= 4 is 29.1 Å². The predicted octanol–water partition coefficient (Wildman–Crippen LogP) is 3.01. The van der Waals surface area contributed by atoms with E-state index in [9.17, 15) is 9.59 Å². The van der Waals surface area contributed by atoms with Crippen LogP contribution in [0.3, 0.4) is 0 Å². The highest BCUT2D eigenvalue weighted by Gasteiger charge is 2.37. The maximum absolute atomic E-state index is 12.6. The summed E-state index contributed by atoms with van der Waals surface area (Å²) in [5.41, 5.74) is 1.77. The predicted molar refractivity (Wildman–Crippen MR) is 87.1 cm³/mol. The first kappa shape index (κ1) is 15.3. The number of halogens is 1. The molecule has 0 bridgehead atoms. The van der Waals surface area contributed by atoms with E-state index in [0.29, 0.717) is 18.0 Å². The molecule has 3 rings (SSSR count). The maximum atomic E-state index is 12.6. The third-order valence-electron chi connectivity index (χ3n) is 4.61. The molecule has 2 amide bonds. The molecule has 1 atom stereocenters. The Morgan fingerprint density at radius 1 is 1.23 bits per heavy atom. The Bertz CT molecular complexity index is 596. The molecule has 118 valence electrons. The zero-order valence-electron chi connectivity index (χ0n) is 12.8. The molecular formula is C17H21ClN2O2. The van der Waals surface area contributed by atoms with Gasteiger partial charge in [-0.3, -0.25) is 9.59 Å². The average Bonchev–Trinajstić information content (AvgIpc) is 2.92. The summed E-state index contributed by atoms with van der Waals surface area (Å²) >= 11 is 6.15. The van der Waals surface area contributed by atoms with Crippen LogP contribution < -0.4 is 4.90 Å². The number of carbonyl (C=O) groups excluding carboxylic acids is 2. The first-order valence-corrected chi connectivity index (χ1v) is 8.29. The van der Waals surface area contributed by atoms with Gasteiger partial charge in [0.25, 0.3) is 0 Å². The summed E-state index contributed by atoms with van der Waals surface area (Å²) in [6.45, 7) is 4.06. The van der Waals surface area contributed by atoms with Gasteiger partial charge in [-0.15, -0.1) is 0 Å². The highest BCUT2D eigenvalue weighted by atomic mass is 35.5. The number of hydrogen-bond acceptors (Lipinski definition) is 2. The Labute approximate surface area is 136 Å². The van der Waals surface area contributed by atoms with Crippen LogP contribution in [0.15, 0.2) is 18.2 Å². The minimum Gasteiger partial charge on any atom is -0.342 e. The van der Waals surface area contributed by atoms with Crippen molar-refractivity contribution in [1.29, 1.82) is 0 Å². The van der Waals surface area contributed by atoms with Gasteiger partial charge in [0.05, 0.1) is 5.92 Å². The molecule has 0 saturated carbocycles. The number of likely N-dealkylation sites (tertiary alicyclic amines) is 1. The second-order valence-electron chi connectivity index (χ2n) is 6.22.